The number of hydrogen-bond acceptors (Lipinski definition) is 4. The molecule has 4 heterocycles. The molecule has 0 radical (unpaired) electrons. The molecule has 0 atom stereocenters. The molecule has 6 nitrogen and oxygen atoms in total. The van der Waals surface area contributed by atoms with Crippen molar-refractivity contribution in [3.63, 3.8) is 0 Å². The van der Waals surface area contributed by atoms with Gasteiger partial charge in [-0.25, -0.2) is 14.5 Å². The van der Waals surface area contributed by atoms with Gasteiger partial charge in [-0.3, -0.25) is 0 Å². The summed E-state index contributed by atoms with van der Waals surface area (Å²) >= 11 is 0. The van der Waals surface area contributed by atoms with Gasteiger partial charge in [0.2, 0.25) is 0 Å². The lowest BCUT2D eigenvalue weighted by atomic mass is 10.2. The first-order valence-electron chi connectivity index (χ1n) is 6.32. The Hall–Kier alpha value is -2.89. The van der Waals surface area contributed by atoms with Crippen LogP contribution in [0.1, 0.15) is 0 Å². The largest absolute Gasteiger partial charge is 0.373 e. The Bertz CT molecular complexity index is 904. The quantitative estimate of drug-likeness (QED) is 0.583. The molecule has 6 heteroatoms. The van der Waals surface area contributed by atoms with Gasteiger partial charge in [-0.15, -0.1) is 0 Å². The minimum Gasteiger partial charge on any atom is -0.373 e. The Morgan fingerprint density at radius 2 is 2.10 bits per heavy atom. The molecule has 4 aromatic heterocycles. The minimum absolute atomic E-state index is 0.696. The van der Waals surface area contributed by atoms with Gasteiger partial charge in [0.1, 0.15) is 11.6 Å². The molecule has 0 aliphatic rings. The Morgan fingerprint density at radius 3 is 3.00 bits per heavy atom. The zero-order valence-corrected chi connectivity index (χ0v) is 10.8. The van der Waals surface area contributed by atoms with Crippen LogP contribution in [0.15, 0.2) is 42.7 Å². The van der Waals surface area contributed by atoms with Crippen LogP contribution in [0.5, 0.6) is 0 Å². The summed E-state index contributed by atoms with van der Waals surface area (Å²) in [5.74, 6) is 1.58. The summed E-state index contributed by atoms with van der Waals surface area (Å²) in [5, 5.41) is 7.33. The van der Waals surface area contributed by atoms with Crippen molar-refractivity contribution >= 4 is 22.5 Å². The number of aromatic amines is 1. The monoisotopic (exact) mass is 264 g/mol. The molecule has 20 heavy (non-hydrogen) atoms. The smallest absolute Gasteiger partial charge is 0.180 e. The van der Waals surface area contributed by atoms with Gasteiger partial charge in [0, 0.05) is 13.2 Å². The van der Waals surface area contributed by atoms with E-state index in [-0.39, 0.29) is 0 Å². The number of nitrogens with one attached hydrogen (secondary N) is 2. The Balaban J connectivity index is 1.93. The molecular weight excluding hydrogens is 252 g/mol. The number of pyridine rings is 2. The van der Waals surface area contributed by atoms with Gasteiger partial charge in [-0.05, 0) is 24.3 Å². The highest BCUT2D eigenvalue weighted by atomic mass is 15.2. The van der Waals surface area contributed by atoms with Crippen molar-refractivity contribution in [3.05, 3.63) is 42.7 Å². The third-order valence-electron chi connectivity index (χ3n) is 3.28. The van der Waals surface area contributed by atoms with Crippen LogP contribution in [-0.2, 0) is 0 Å². The molecule has 0 saturated heterocycles. The van der Waals surface area contributed by atoms with E-state index in [0.717, 1.165) is 28.2 Å². The number of anilines is 1. The predicted molar refractivity (Wildman–Crippen MR) is 77.6 cm³/mol. The van der Waals surface area contributed by atoms with Gasteiger partial charge in [0.05, 0.1) is 22.8 Å². The van der Waals surface area contributed by atoms with Crippen LogP contribution in [0.25, 0.3) is 28.1 Å². The van der Waals surface area contributed by atoms with Crippen molar-refractivity contribution in [2.24, 2.45) is 0 Å². The predicted octanol–water partition coefficient (Wildman–Crippen LogP) is 2.31. The molecule has 2 N–H and O–H groups in total. The number of imidazole rings is 1. The molecule has 0 unspecified atom stereocenters. The molecule has 4 aromatic rings. The SMILES string of the molecule is CNc1ccc2[nH]c(-c3cnn4ccccc34)nc2n1. The van der Waals surface area contributed by atoms with E-state index in [4.69, 9.17) is 0 Å². The number of aromatic nitrogens is 5. The number of fused-ring (bicyclic) bond motifs is 2. The molecule has 0 aliphatic carbocycles. The number of hydrogen-bond donors (Lipinski definition) is 2. The number of nitrogens with zero attached hydrogens (tertiary/aromatic N) is 4. The maximum absolute atomic E-state index is 4.55. The Labute approximate surface area is 114 Å². The minimum atomic E-state index is 0.696. The fraction of sp³-hybridized carbons (Fsp3) is 0.0714. The highest BCUT2D eigenvalue weighted by Gasteiger charge is 2.11. The van der Waals surface area contributed by atoms with Crippen molar-refractivity contribution in [2.45, 2.75) is 0 Å². The number of rotatable bonds is 2. The van der Waals surface area contributed by atoms with Crippen molar-refractivity contribution in [3.8, 4) is 11.4 Å². The van der Waals surface area contributed by atoms with Crippen LogP contribution in [0.4, 0.5) is 5.82 Å². The average molecular weight is 264 g/mol. The third kappa shape index (κ3) is 1.55. The van der Waals surface area contributed by atoms with Gasteiger partial charge in [0.25, 0.3) is 0 Å². The maximum Gasteiger partial charge on any atom is 0.180 e. The molecule has 0 amide bonds. The third-order valence-corrected chi connectivity index (χ3v) is 3.28. The zero-order valence-electron chi connectivity index (χ0n) is 10.8. The van der Waals surface area contributed by atoms with Crippen LogP contribution in [0, 0.1) is 0 Å². The Morgan fingerprint density at radius 1 is 1.15 bits per heavy atom. The fourth-order valence-corrected chi connectivity index (χ4v) is 2.28. The van der Waals surface area contributed by atoms with Gasteiger partial charge >= 0.3 is 0 Å². The summed E-state index contributed by atoms with van der Waals surface area (Å²) in [6, 6.07) is 9.84. The summed E-state index contributed by atoms with van der Waals surface area (Å²) in [4.78, 5) is 12.3. The van der Waals surface area contributed by atoms with E-state index in [9.17, 15) is 0 Å². The van der Waals surface area contributed by atoms with Crippen LogP contribution in [0.2, 0.25) is 0 Å². The summed E-state index contributed by atoms with van der Waals surface area (Å²) in [6.45, 7) is 0. The van der Waals surface area contributed by atoms with Crippen LogP contribution < -0.4 is 5.32 Å². The second kappa shape index (κ2) is 4.06. The molecule has 98 valence electrons. The molecule has 0 aliphatic heterocycles. The van der Waals surface area contributed by atoms with Crippen LogP contribution >= 0.6 is 0 Å². The van der Waals surface area contributed by atoms with Crippen molar-refractivity contribution in [2.75, 3.05) is 12.4 Å². The lowest BCUT2D eigenvalue weighted by molar-refractivity contribution is 0.961. The normalized spacial score (nSPS) is 11.2. The summed E-state index contributed by atoms with van der Waals surface area (Å²) in [7, 11) is 1.84. The van der Waals surface area contributed by atoms with Gasteiger partial charge in [-0.1, -0.05) is 6.07 Å². The molecule has 0 saturated carbocycles. The lowest BCUT2D eigenvalue weighted by Gasteiger charge is -1.95. The first kappa shape index (κ1) is 11.0. The van der Waals surface area contributed by atoms with E-state index in [2.05, 4.69) is 25.4 Å². The van der Waals surface area contributed by atoms with E-state index in [1.165, 1.54) is 0 Å². The zero-order chi connectivity index (χ0) is 13.5. The second-order valence-electron chi connectivity index (χ2n) is 4.49. The van der Waals surface area contributed by atoms with E-state index in [1.54, 1.807) is 0 Å². The Kier molecular flexibility index (Phi) is 2.23. The molecule has 0 spiro atoms. The molecule has 0 bridgehead atoms. The van der Waals surface area contributed by atoms with Crippen LogP contribution in [0.3, 0.4) is 0 Å². The highest BCUT2D eigenvalue weighted by Crippen LogP contribution is 2.24. The highest BCUT2D eigenvalue weighted by molar-refractivity contribution is 5.82. The molecular formula is C14H12N6. The topological polar surface area (TPSA) is 70.9 Å². The summed E-state index contributed by atoms with van der Waals surface area (Å²) in [6.07, 6.45) is 3.73. The summed E-state index contributed by atoms with van der Waals surface area (Å²) in [5.41, 5.74) is 3.59. The standard InChI is InChI=1S/C14H12N6/c1-15-12-6-5-10-14(18-12)19-13(17-10)9-8-16-20-7-3-2-4-11(9)20/h2-8H,1H3,(H2,15,17,18,19). The first-order valence-corrected chi connectivity index (χ1v) is 6.32. The van der Waals surface area contributed by atoms with E-state index in [0.29, 0.717) is 5.65 Å². The van der Waals surface area contributed by atoms with Crippen molar-refractivity contribution in [1.29, 1.82) is 0 Å². The van der Waals surface area contributed by atoms with Crippen molar-refractivity contribution in [1.82, 2.24) is 24.6 Å². The maximum atomic E-state index is 4.55. The van der Waals surface area contributed by atoms with Gasteiger partial charge in [0.15, 0.2) is 5.65 Å². The fourth-order valence-electron chi connectivity index (χ4n) is 2.28. The first-order chi connectivity index (χ1) is 9.85. The summed E-state index contributed by atoms with van der Waals surface area (Å²) < 4.78 is 1.83. The molecule has 4 rings (SSSR count). The molecule has 0 aromatic carbocycles. The van der Waals surface area contributed by atoms with Crippen LogP contribution in [-0.4, -0.2) is 31.6 Å². The van der Waals surface area contributed by atoms with E-state index >= 15 is 0 Å². The van der Waals surface area contributed by atoms with Gasteiger partial charge in [-0.2, -0.15) is 5.10 Å². The average Bonchev–Trinajstić information content (AvgIpc) is 3.09. The molecule has 0 fully saturated rings. The van der Waals surface area contributed by atoms with E-state index in [1.807, 2.05) is 54.3 Å². The van der Waals surface area contributed by atoms with Crippen molar-refractivity contribution < 1.29 is 0 Å². The second-order valence-corrected chi connectivity index (χ2v) is 4.49. The number of H-pyrrole nitrogens is 1. The van der Waals surface area contributed by atoms with Gasteiger partial charge < -0.3 is 10.3 Å². The van der Waals surface area contributed by atoms with E-state index < -0.39 is 0 Å². The lowest BCUT2D eigenvalue weighted by Crippen LogP contribution is -1.91.